The number of hydrogen-bond acceptors (Lipinski definition) is 3. The van der Waals surface area contributed by atoms with Gasteiger partial charge < -0.3 is 20.0 Å². The molecule has 7 heteroatoms. The number of para-hydroxylation sites is 1. The summed E-state index contributed by atoms with van der Waals surface area (Å²) in [6, 6.07) is 6.93. The average molecular weight is 338 g/mol. The number of hydrogen-bond donors (Lipinski definition) is 3. The first-order valence-corrected chi connectivity index (χ1v) is 8.14. The highest BCUT2D eigenvalue weighted by Gasteiger charge is 2.36. The third kappa shape index (κ3) is 2.57. The minimum absolute atomic E-state index is 0.170. The zero-order valence-corrected chi connectivity index (χ0v) is 13.7. The molecule has 0 saturated carbocycles. The second-order valence-electron chi connectivity index (χ2n) is 6.36. The number of aromatic amines is 2. The molecule has 0 bridgehead atoms. The topological polar surface area (TPSA) is 102 Å². The molecule has 4 rings (SSSR count). The lowest BCUT2D eigenvalue weighted by molar-refractivity contribution is -0.151. The molecular weight excluding hydrogens is 320 g/mol. The Morgan fingerprint density at radius 2 is 2.16 bits per heavy atom. The molecule has 25 heavy (non-hydrogen) atoms. The van der Waals surface area contributed by atoms with Gasteiger partial charge in [0, 0.05) is 23.0 Å². The van der Waals surface area contributed by atoms with Crippen molar-refractivity contribution in [1.29, 1.82) is 0 Å². The van der Waals surface area contributed by atoms with Crippen LogP contribution < -0.4 is 0 Å². The van der Waals surface area contributed by atoms with Crippen molar-refractivity contribution in [3.8, 4) is 0 Å². The van der Waals surface area contributed by atoms with Gasteiger partial charge in [-0.15, -0.1) is 0 Å². The SMILES string of the molecule is Cc1[nH]c2ccccc2c1CC(=O)N1Cc2[nH]cnc2CC1C(=O)O. The number of nitrogens with one attached hydrogen (secondary N) is 2. The summed E-state index contributed by atoms with van der Waals surface area (Å²) in [6.07, 6.45) is 1.94. The van der Waals surface area contributed by atoms with Crippen molar-refractivity contribution in [2.45, 2.75) is 32.4 Å². The maximum atomic E-state index is 12.9. The maximum Gasteiger partial charge on any atom is 0.326 e. The Morgan fingerprint density at radius 3 is 2.96 bits per heavy atom. The van der Waals surface area contributed by atoms with Gasteiger partial charge in [0.2, 0.25) is 5.91 Å². The van der Waals surface area contributed by atoms with Gasteiger partial charge in [-0.05, 0) is 18.6 Å². The zero-order valence-electron chi connectivity index (χ0n) is 13.7. The fourth-order valence-electron chi connectivity index (χ4n) is 3.53. The molecule has 0 aliphatic carbocycles. The summed E-state index contributed by atoms with van der Waals surface area (Å²) in [5.41, 5.74) is 4.36. The molecular formula is C18H18N4O3. The van der Waals surface area contributed by atoms with Crippen LogP contribution in [0.25, 0.3) is 10.9 Å². The molecule has 7 nitrogen and oxygen atoms in total. The number of aromatic nitrogens is 3. The molecule has 2 aromatic heterocycles. The Balaban J connectivity index is 1.65. The second kappa shape index (κ2) is 5.77. The van der Waals surface area contributed by atoms with Gasteiger partial charge in [-0.2, -0.15) is 0 Å². The monoisotopic (exact) mass is 338 g/mol. The van der Waals surface area contributed by atoms with Gasteiger partial charge in [-0.1, -0.05) is 18.2 Å². The number of carboxylic acid groups (broad SMARTS) is 1. The van der Waals surface area contributed by atoms with Gasteiger partial charge in [0.05, 0.1) is 30.7 Å². The molecule has 3 heterocycles. The molecule has 1 unspecified atom stereocenters. The molecule has 1 aromatic carbocycles. The number of imidazole rings is 1. The van der Waals surface area contributed by atoms with E-state index >= 15 is 0 Å². The molecule has 1 aliphatic rings. The minimum Gasteiger partial charge on any atom is -0.480 e. The highest BCUT2D eigenvalue weighted by Crippen LogP contribution is 2.26. The van der Waals surface area contributed by atoms with Crippen LogP contribution in [0.3, 0.4) is 0 Å². The van der Waals surface area contributed by atoms with E-state index in [1.54, 1.807) is 6.33 Å². The van der Waals surface area contributed by atoms with Crippen LogP contribution in [0.5, 0.6) is 0 Å². The van der Waals surface area contributed by atoms with Crippen LogP contribution >= 0.6 is 0 Å². The third-order valence-electron chi connectivity index (χ3n) is 4.86. The van der Waals surface area contributed by atoms with Crippen LogP contribution in [0.2, 0.25) is 0 Å². The highest BCUT2D eigenvalue weighted by molar-refractivity contribution is 5.91. The van der Waals surface area contributed by atoms with E-state index in [-0.39, 0.29) is 25.3 Å². The van der Waals surface area contributed by atoms with Crippen LogP contribution in [0.4, 0.5) is 0 Å². The summed E-state index contributed by atoms with van der Waals surface area (Å²) in [5.74, 6) is -1.20. The van der Waals surface area contributed by atoms with E-state index in [0.717, 1.165) is 33.5 Å². The smallest absolute Gasteiger partial charge is 0.326 e. The third-order valence-corrected chi connectivity index (χ3v) is 4.86. The second-order valence-corrected chi connectivity index (χ2v) is 6.36. The summed E-state index contributed by atoms with van der Waals surface area (Å²) in [4.78, 5) is 36.4. The predicted molar refractivity (Wildman–Crippen MR) is 91.0 cm³/mol. The van der Waals surface area contributed by atoms with E-state index in [9.17, 15) is 14.7 Å². The summed E-state index contributed by atoms with van der Waals surface area (Å²) >= 11 is 0. The number of aliphatic carboxylic acids is 1. The Hall–Kier alpha value is -3.09. The molecule has 1 amide bonds. The lowest BCUT2D eigenvalue weighted by Gasteiger charge is -2.32. The van der Waals surface area contributed by atoms with E-state index in [1.807, 2.05) is 31.2 Å². The summed E-state index contributed by atoms with van der Waals surface area (Å²) in [5, 5.41) is 10.5. The lowest BCUT2D eigenvalue weighted by atomic mass is 10.0. The lowest BCUT2D eigenvalue weighted by Crippen LogP contribution is -2.49. The van der Waals surface area contributed by atoms with Gasteiger partial charge in [-0.3, -0.25) is 4.79 Å². The van der Waals surface area contributed by atoms with Crippen LogP contribution in [0.1, 0.15) is 22.6 Å². The van der Waals surface area contributed by atoms with Gasteiger partial charge in [-0.25, -0.2) is 9.78 Å². The van der Waals surface area contributed by atoms with Crippen LogP contribution in [-0.4, -0.2) is 42.9 Å². The van der Waals surface area contributed by atoms with E-state index < -0.39 is 12.0 Å². The van der Waals surface area contributed by atoms with Crippen molar-refractivity contribution in [1.82, 2.24) is 19.9 Å². The summed E-state index contributed by atoms with van der Waals surface area (Å²) in [6.45, 7) is 2.17. The number of amides is 1. The number of carbonyl (C=O) groups is 2. The van der Waals surface area contributed by atoms with E-state index in [0.29, 0.717) is 0 Å². The van der Waals surface area contributed by atoms with Crippen molar-refractivity contribution < 1.29 is 14.7 Å². The number of fused-ring (bicyclic) bond motifs is 2. The number of carbonyl (C=O) groups excluding carboxylic acids is 1. The zero-order chi connectivity index (χ0) is 17.6. The minimum atomic E-state index is -1.00. The summed E-state index contributed by atoms with van der Waals surface area (Å²) < 4.78 is 0. The number of aryl methyl sites for hydroxylation is 1. The van der Waals surface area contributed by atoms with Gasteiger partial charge in [0.15, 0.2) is 0 Å². The van der Waals surface area contributed by atoms with Crippen molar-refractivity contribution in [3.05, 3.63) is 53.2 Å². The first-order chi connectivity index (χ1) is 12.0. The van der Waals surface area contributed by atoms with Crippen LogP contribution in [-0.2, 0) is 29.0 Å². The molecule has 1 aliphatic heterocycles. The molecule has 3 aromatic rings. The van der Waals surface area contributed by atoms with Gasteiger partial charge in [0.1, 0.15) is 6.04 Å². The van der Waals surface area contributed by atoms with Crippen LogP contribution in [0, 0.1) is 6.92 Å². The first kappa shape index (κ1) is 15.4. The van der Waals surface area contributed by atoms with Crippen LogP contribution in [0.15, 0.2) is 30.6 Å². The highest BCUT2D eigenvalue weighted by atomic mass is 16.4. The Morgan fingerprint density at radius 1 is 1.36 bits per heavy atom. The standard InChI is InChI=1S/C18H18N4O3/c1-10-12(11-4-2-3-5-13(11)21-10)6-17(23)22-8-15-14(19-9-20-15)7-16(22)18(24)25/h2-5,9,16,21H,6-8H2,1H3,(H,19,20)(H,24,25). The first-order valence-electron chi connectivity index (χ1n) is 8.14. The largest absolute Gasteiger partial charge is 0.480 e. The molecule has 0 saturated heterocycles. The van der Waals surface area contributed by atoms with E-state index in [4.69, 9.17) is 0 Å². The number of rotatable bonds is 3. The number of H-pyrrole nitrogens is 2. The summed E-state index contributed by atoms with van der Waals surface area (Å²) in [7, 11) is 0. The number of benzene rings is 1. The number of carboxylic acids is 1. The molecule has 3 N–H and O–H groups in total. The predicted octanol–water partition coefficient (Wildman–Crippen LogP) is 1.78. The van der Waals surface area contributed by atoms with Crippen molar-refractivity contribution in [3.63, 3.8) is 0 Å². The molecule has 1 atom stereocenters. The molecule has 128 valence electrons. The van der Waals surface area contributed by atoms with E-state index in [1.165, 1.54) is 4.90 Å². The van der Waals surface area contributed by atoms with Gasteiger partial charge >= 0.3 is 5.97 Å². The average Bonchev–Trinajstić information content (AvgIpc) is 3.17. The van der Waals surface area contributed by atoms with Crippen molar-refractivity contribution in [2.75, 3.05) is 0 Å². The molecule has 0 fully saturated rings. The maximum absolute atomic E-state index is 12.9. The Bertz CT molecular complexity index is 972. The van der Waals surface area contributed by atoms with Gasteiger partial charge in [0.25, 0.3) is 0 Å². The van der Waals surface area contributed by atoms with Crippen molar-refractivity contribution in [2.24, 2.45) is 0 Å². The quantitative estimate of drug-likeness (QED) is 0.677. The Kier molecular flexibility index (Phi) is 3.56. The number of nitrogens with zero attached hydrogens (tertiary/aromatic N) is 2. The molecule has 0 spiro atoms. The van der Waals surface area contributed by atoms with E-state index in [2.05, 4.69) is 15.0 Å². The normalized spacial score (nSPS) is 16.8. The Labute approximate surface area is 143 Å². The molecule has 0 radical (unpaired) electrons. The fraction of sp³-hybridized carbons (Fsp3) is 0.278. The van der Waals surface area contributed by atoms with Crippen molar-refractivity contribution >= 4 is 22.8 Å². The fourth-order valence-corrected chi connectivity index (χ4v) is 3.53.